The third-order valence-corrected chi connectivity index (χ3v) is 4.91. The molecule has 1 heterocycles. The lowest BCUT2D eigenvalue weighted by Crippen LogP contribution is -2.34. The molecule has 0 radical (unpaired) electrons. The van der Waals surface area contributed by atoms with Crippen LogP contribution < -0.4 is 10.6 Å². The number of hydrogen-bond acceptors (Lipinski definition) is 8. The van der Waals surface area contributed by atoms with Gasteiger partial charge in [0.2, 0.25) is 0 Å². The molecule has 0 aliphatic carbocycles. The van der Waals surface area contributed by atoms with Gasteiger partial charge in [0, 0.05) is 29.3 Å². The summed E-state index contributed by atoms with van der Waals surface area (Å²) in [5.41, 5.74) is 0.666. The molecular formula is C16H11N5O5S2. The fourth-order valence-corrected chi connectivity index (χ4v) is 3.60. The van der Waals surface area contributed by atoms with E-state index in [2.05, 4.69) is 15.6 Å². The molecule has 0 saturated heterocycles. The molecule has 1 aromatic heterocycles. The van der Waals surface area contributed by atoms with E-state index in [1.54, 1.807) is 0 Å². The molecule has 10 nitrogen and oxygen atoms in total. The van der Waals surface area contributed by atoms with Crippen LogP contribution in [-0.2, 0) is 0 Å². The molecule has 0 bridgehead atoms. The van der Waals surface area contributed by atoms with Crippen LogP contribution in [-0.4, -0.2) is 25.9 Å². The lowest BCUT2D eigenvalue weighted by atomic mass is 10.1. The molecule has 28 heavy (non-hydrogen) atoms. The highest BCUT2D eigenvalue weighted by Crippen LogP contribution is 2.29. The van der Waals surface area contributed by atoms with Gasteiger partial charge in [-0.2, -0.15) is 0 Å². The highest BCUT2D eigenvalue weighted by Gasteiger charge is 2.19. The second kappa shape index (κ2) is 7.62. The van der Waals surface area contributed by atoms with E-state index in [0.29, 0.717) is 15.3 Å². The van der Waals surface area contributed by atoms with Gasteiger partial charge in [-0.15, -0.1) is 0 Å². The molecule has 0 unspecified atom stereocenters. The molecule has 1 amide bonds. The molecule has 0 aliphatic heterocycles. The van der Waals surface area contributed by atoms with Gasteiger partial charge >= 0.3 is 0 Å². The van der Waals surface area contributed by atoms with Crippen LogP contribution in [0, 0.1) is 27.2 Å². The van der Waals surface area contributed by atoms with Gasteiger partial charge in [0.1, 0.15) is 0 Å². The Morgan fingerprint density at radius 1 is 1.18 bits per heavy atom. The van der Waals surface area contributed by atoms with Crippen LogP contribution in [0.1, 0.15) is 15.9 Å². The predicted octanol–water partition coefficient (Wildman–Crippen LogP) is 3.55. The number of aromatic nitrogens is 1. The Balaban J connectivity index is 1.74. The summed E-state index contributed by atoms with van der Waals surface area (Å²) in [6, 6.07) is 8.43. The average molecular weight is 417 g/mol. The van der Waals surface area contributed by atoms with Crippen LogP contribution in [0.2, 0.25) is 0 Å². The summed E-state index contributed by atoms with van der Waals surface area (Å²) < 4.78 is 0.584. The summed E-state index contributed by atoms with van der Waals surface area (Å²) in [5.74, 6) is -0.601. The Hall–Kier alpha value is -3.51. The second-order valence-corrected chi connectivity index (χ2v) is 6.98. The van der Waals surface area contributed by atoms with Gasteiger partial charge in [-0.25, -0.2) is 4.98 Å². The zero-order valence-electron chi connectivity index (χ0n) is 14.2. The molecule has 2 N–H and O–H groups in total. The summed E-state index contributed by atoms with van der Waals surface area (Å²) >= 11 is 6.23. The first-order valence-corrected chi connectivity index (χ1v) is 8.90. The summed E-state index contributed by atoms with van der Waals surface area (Å²) in [4.78, 5) is 37.4. The van der Waals surface area contributed by atoms with Crippen molar-refractivity contribution >= 4 is 61.3 Å². The monoisotopic (exact) mass is 417 g/mol. The zero-order valence-corrected chi connectivity index (χ0v) is 15.8. The van der Waals surface area contributed by atoms with Crippen molar-refractivity contribution in [3.05, 3.63) is 67.8 Å². The molecule has 0 atom stereocenters. The maximum absolute atomic E-state index is 12.4. The van der Waals surface area contributed by atoms with Gasteiger partial charge < -0.3 is 5.32 Å². The lowest BCUT2D eigenvalue weighted by molar-refractivity contribution is -0.385. The standard InChI is InChI=1S/C16H11N5O5S2/c1-8-10(3-2-4-12(8)21(25)26)14(22)18-15(27)19-16-17-11-6-5-9(20(23)24)7-13(11)28-16/h2-7H,1H3,(H2,17,18,19,22,27). The lowest BCUT2D eigenvalue weighted by Gasteiger charge is -2.09. The van der Waals surface area contributed by atoms with E-state index in [9.17, 15) is 25.0 Å². The molecule has 0 fully saturated rings. The minimum Gasteiger partial charge on any atom is -0.308 e. The van der Waals surface area contributed by atoms with Crippen molar-refractivity contribution in [3.8, 4) is 0 Å². The van der Waals surface area contributed by atoms with Crippen molar-refractivity contribution in [2.45, 2.75) is 6.92 Å². The fourth-order valence-electron chi connectivity index (χ4n) is 2.45. The number of benzene rings is 2. The van der Waals surface area contributed by atoms with Crippen molar-refractivity contribution in [2.24, 2.45) is 0 Å². The van der Waals surface area contributed by atoms with E-state index >= 15 is 0 Å². The van der Waals surface area contributed by atoms with Crippen molar-refractivity contribution in [1.82, 2.24) is 10.3 Å². The second-order valence-electron chi connectivity index (χ2n) is 5.54. The number of rotatable bonds is 4. The summed E-state index contributed by atoms with van der Waals surface area (Å²) in [5, 5.41) is 27.3. The van der Waals surface area contributed by atoms with Gasteiger partial charge in [0.05, 0.1) is 20.1 Å². The molecule has 3 aromatic rings. The fraction of sp³-hybridized carbons (Fsp3) is 0.0625. The quantitative estimate of drug-likeness (QED) is 0.373. The van der Waals surface area contributed by atoms with E-state index < -0.39 is 15.8 Å². The summed E-state index contributed by atoms with van der Waals surface area (Å²) in [6.45, 7) is 1.48. The van der Waals surface area contributed by atoms with Gasteiger partial charge in [-0.05, 0) is 31.3 Å². The number of nitro groups is 2. The molecule has 0 aliphatic rings. The van der Waals surface area contributed by atoms with E-state index in [1.807, 2.05) is 0 Å². The van der Waals surface area contributed by atoms with Crippen molar-refractivity contribution in [3.63, 3.8) is 0 Å². The topological polar surface area (TPSA) is 140 Å². The number of amides is 1. The van der Waals surface area contributed by atoms with Crippen LogP contribution in [0.25, 0.3) is 10.2 Å². The minimum atomic E-state index is -0.601. The van der Waals surface area contributed by atoms with Crippen molar-refractivity contribution < 1.29 is 14.6 Å². The van der Waals surface area contributed by atoms with Crippen LogP contribution >= 0.6 is 23.6 Å². The highest BCUT2D eigenvalue weighted by molar-refractivity contribution is 7.80. The van der Waals surface area contributed by atoms with E-state index in [1.165, 1.54) is 43.3 Å². The average Bonchev–Trinajstić information content (AvgIpc) is 3.02. The Bertz CT molecular complexity index is 1140. The van der Waals surface area contributed by atoms with Gasteiger partial charge in [0.15, 0.2) is 10.2 Å². The number of thiazole rings is 1. The van der Waals surface area contributed by atoms with Crippen LogP contribution in [0.4, 0.5) is 16.5 Å². The third kappa shape index (κ3) is 3.92. The Kier molecular flexibility index (Phi) is 5.24. The summed E-state index contributed by atoms with van der Waals surface area (Å²) in [6.07, 6.45) is 0. The van der Waals surface area contributed by atoms with E-state index in [-0.39, 0.29) is 27.6 Å². The van der Waals surface area contributed by atoms with Crippen molar-refractivity contribution in [2.75, 3.05) is 5.32 Å². The van der Waals surface area contributed by atoms with E-state index in [4.69, 9.17) is 12.2 Å². The maximum atomic E-state index is 12.4. The van der Waals surface area contributed by atoms with Crippen LogP contribution in [0.5, 0.6) is 0 Å². The molecule has 3 rings (SSSR count). The zero-order chi connectivity index (χ0) is 20.4. The number of hydrogen-bond donors (Lipinski definition) is 2. The maximum Gasteiger partial charge on any atom is 0.273 e. The van der Waals surface area contributed by atoms with Gasteiger partial charge in [-0.1, -0.05) is 17.4 Å². The molecule has 0 saturated carbocycles. The number of carbonyl (C=O) groups excluding carboxylic acids is 1. The molecular weight excluding hydrogens is 406 g/mol. The molecule has 142 valence electrons. The molecule has 12 heteroatoms. The van der Waals surface area contributed by atoms with E-state index in [0.717, 1.165) is 11.3 Å². The number of carbonyl (C=O) groups is 1. The highest BCUT2D eigenvalue weighted by atomic mass is 32.1. The Morgan fingerprint density at radius 3 is 2.61 bits per heavy atom. The SMILES string of the molecule is Cc1c(C(=O)NC(=S)Nc2nc3ccc([N+](=O)[O-])cc3s2)cccc1[N+](=O)[O-]. The van der Waals surface area contributed by atoms with Gasteiger partial charge in [-0.3, -0.25) is 30.3 Å². The first-order chi connectivity index (χ1) is 13.3. The number of thiocarbonyl (C=S) groups is 1. The molecule has 2 aromatic carbocycles. The number of nitrogens with one attached hydrogen (secondary N) is 2. The molecule has 0 spiro atoms. The summed E-state index contributed by atoms with van der Waals surface area (Å²) in [7, 11) is 0. The normalized spacial score (nSPS) is 10.5. The van der Waals surface area contributed by atoms with Crippen LogP contribution in [0.3, 0.4) is 0 Å². The minimum absolute atomic E-state index is 0.0514. The Morgan fingerprint density at radius 2 is 1.93 bits per heavy atom. The predicted molar refractivity (Wildman–Crippen MR) is 108 cm³/mol. The van der Waals surface area contributed by atoms with Gasteiger partial charge in [0.25, 0.3) is 17.3 Å². The first-order valence-electron chi connectivity index (χ1n) is 7.67. The number of fused-ring (bicyclic) bond motifs is 1. The number of anilines is 1. The largest absolute Gasteiger partial charge is 0.308 e. The Labute approximate surface area is 166 Å². The smallest absolute Gasteiger partial charge is 0.273 e. The van der Waals surface area contributed by atoms with Crippen LogP contribution in [0.15, 0.2) is 36.4 Å². The van der Waals surface area contributed by atoms with Crippen molar-refractivity contribution in [1.29, 1.82) is 0 Å². The number of non-ortho nitro benzene ring substituents is 1. The first kappa shape index (κ1) is 19.3. The number of nitrogens with zero attached hydrogens (tertiary/aromatic N) is 3. The number of nitro benzene ring substituents is 2. The third-order valence-electron chi connectivity index (χ3n) is 3.78.